The van der Waals surface area contributed by atoms with E-state index >= 15 is 0 Å². The highest BCUT2D eigenvalue weighted by molar-refractivity contribution is 7.99. The van der Waals surface area contributed by atoms with Gasteiger partial charge in [0.2, 0.25) is 5.95 Å². The monoisotopic (exact) mass is 525 g/mol. The Balaban J connectivity index is 1.39. The maximum absolute atomic E-state index is 5.33. The summed E-state index contributed by atoms with van der Waals surface area (Å²) in [6.45, 7) is 0. The fraction of sp³-hybridized carbons (Fsp3) is 0. The van der Waals surface area contributed by atoms with Crippen LogP contribution in [0.15, 0.2) is 125 Å². The van der Waals surface area contributed by atoms with Crippen molar-refractivity contribution in [3.8, 4) is 17.2 Å². The number of rotatable bonds is 1. The Morgan fingerprint density at radius 3 is 1.85 bits per heavy atom. The summed E-state index contributed by atoms with van der Waals surface area (Å²) in [6.07, 6.45) is 0. The van der Waals surface area contributed by atoms with Gasteiger partial charge in [0.05, 0.1) is 22.2 Å². The molecule has 0 unspecified atom stereocenters. The first-order valence-electron chi connectivity index (χ1n) is 13.5. The maximum atomic E-state index is 5.33. The van der Waals surface area contributed by atoms with Crippen molar-refractivity contribution in [1.29, 1.82) is 0 Å². The van der Waals surface area contributed by atoms with Gasteiger partial charge in [0.1, 0.15) is 0 Å². The Kier molecular flexibility index (Phi) is 3.87. The lowest BCUT2D eigenvalue weighted by Crippen LogP contribution is -2.05. The number of benzene rings is 7. The van der Waals surface area contributed by atoms with Crippen molar-refractivity contribution >= 4 is 76.8 Å². The van der Waals surface area contributed by atoms with E-state index in [1.165, 1.54) is 58.4 Å². The molecule has 0 radical (unpaired) electrons. The highest BCUT2D eigenvalue weighted by Crippen LogP contribution is 2.48. The molecule has 0 N–H and O–H groups in total. The molecule has 0 spiro atoms. The third kappa shape index (κ3) is 2.57. The molecule has 9 aromatic rings. The average Bonchev–Trinajstić information content (AvgIpc) is 3.35. The maximum Gasteiger partial charge on any atom is 0.235 e. The molecule has 0 aliphatic carbocycles. The molecule has 40 heavy (non-hydrogen) atoms. The number of hydrogen-bond acceptors (Lipinski definition) is 3. The SMILES string of the molecule is c1ccc2c(c1)Sc1cccc3nc(-n4c5cccc6c7cc8ccccc8cc7c7cccc4c7c65)nc-2c13. The fourth-order valence-electron chi connectivity index (χ4n) is 6.85. The van der Waals surface area contributed by atoms with Crippen LogP contribution in [0.4, 0.5) is 0 Å². The Morgan fingerprint density at radius 2 is 1.12 bits per heavy atom. The topological polar surface area (TPSA) is 30.7 Å². The van der Waals surface area contributed by atoms with Gasteiger partial charge in [0.15, 0.2) is 0 Å². The van der Waals surface area contributed by atoms with Gasteiger partial charge in [-0.2, -0.15) is 0 Å². The Labute approximate surface area is 233 Å². The molecule has 0 bridgehead atoms. The molecule has 7 aromatic carbocycles. The predicted molar refractivity (Wildman–Crippen MR) is 167 cm³/mol. The molecule has 0 saturated heterocycles. The minimum Gasteiger partial charge on any atom is -0.278 e. The number of fused-ring (bicyclic) bond motifs is 6. The lowest BCUT2D eigenvalue weighted by atomic mass is 9.92. The van der Waals surface area contributed by atoms with Crippen molar-refractivity contribution in [2.24, 2.45) is 0 Å². The molecule has 1 aliphatic rings. The molecular weight excluding hydrogens is 506 g/mol. The second-order valence-electron chi connectivity index (χ2n) is 10.6. The average molecular weight is 526 g/mol. The molecule has 3 nitrogen and oxygen atoms in total. The zero-order valence-corrected chi connectivity index (χ0v) is 22.0. The normalized spacial score (nSPS) is 12.9. The van der Waals surface area contributed by atoms with E-state index in [4.69, 9.17) is 9.97 Å². The van der Waals surface area contributed by atoms with Gasteiger partial charge in [-0.05, 0) is 74.8 Å². The quantitative estimate of drug-likeness (QED) is 0.158. The van der Waals surface area contributed by atoms with E-state index in [0.29, 0.717) is 5.95 Å². The van der Waals surface area contributed by atoms with Crippen molar-refractivity contribution in [3.05, 3.63) is 115 Å². The van der Waals surface area contributed by atoms with Crippen LogP contribution in [0.25, 0.3) is 82.2 Å². The number of hydrogen-bond donors (Lipinski definition) is 0. The first-order chi connectivity index (χ1) is 19.8. The van der Waals surface area contributed by atoms with Crippen LogP contribution in [0.2, 0.25) is 0 Å². The summed E-state index contributed by atoms with van der Waals surface area (Å²) in [7, 11) is 0. The van der Waals surface area contributed by atoms with E-state index in [2.05, 4.69) is 120 Å². The minimum atomic E-state index is 0.715. The molecular formula is C36H19N3S. The van der Waals surface area contributed by atoms with Crippen LogP contribution in [0.1, 0.15) is 0 Å². The number of nitrogens with zero attached hydrogens (tertiary/aromatic N) is 3. The van der Waals surface area contributed by atoms with Crippen LogP contribution in [-0.4, -0.2) is 14.5 Å². The van der Waals surface area contributed by atoms with Crippen molar-refractivity contribution in [3.63, 3.8) is 0 Å². The van der Waals surface area contributed by atoms with Gasteiger partial charge in [-0.15, -0.1) is 0 Å². The largest absolute Gasteiger partial charge is 0.278 e. The summed E-state index contributed by atoms with van der Waals surface area (Å²) in [6, 6.07) is 41.6. The first kappa shape index (κ1) is 21.0. The lowest BCUT2D eigenvalue weighted by Gasteiger charge is -2.20. The fourth-order valence-corrected chi connectivity index (χ4v) is 7.96. The Morgan fingerprint density at radius 1 is 0.500 bits per heavy atom. The summed E-state index contributed by atoms with van der Waals surface area (Å²) >= 11 is 1.80. The van der Waals surface area contributed by atoms with Gasteiger partial charge in [-0.3, -0.25) is 4.57 Å². The summed E-state index contributed by atoms with van der Waals surface area (Å²) in [4.78, 5) is 13.0. The van der Waals surface area contributed by atoms with E-state index in [9.17, 15) is 0 Å². The van der Waals surface area contributed by atoms with Crippen LogP contribution >= 0.6 is 11.8 Å². The summed E-state index contributed by atoms with van der Waals surface area (Å²) in [5.41, 5.74) is 5.44. The van der Waals surface area contributed by atoms with E-state index in [1.54, 1.807) is 11.8 Å². The van der Waals surface area contributed by atoms with Crippen molar-refractivity contribution in [2.75, 3.05) is 0 Å². The van der Waals surface area contributed by atoms with Crippen molar-refractivity contribution in [2.45, 2.75) is 9.79 Å². The summed E-state index contributed by atoms with van der Waals surface area (Å²) in [5, 5.41) is 11.3. The van der Waals surface area contributed by atoms with Crippen LogP contribution in [0.5, 0.6) is 0 Å². The van der Waals surface area contributed by atoms with E-state index in [1.807, 2.05) is 0 Å². The first-order valence-corrected chi connectivity index (χ1v) is 14.3. The van der Waals surface area contributed by atoms with Gasteiger partial charge < -0.3 is 0 Å². The van der Waals surface area contributed by atoms with Crippen LogP contribution in [0, 0.1) is 0 Å². The molecule has 0 fully saturated rings. The molecule has 2 aromatic heterocycles. The van der Waals surface area contributed by atoms with Gasteiger partial charge in [-0.25, -0.2) is 9.97 Å². The predicted octanol–water partition coefficient (Wildman–Crippen LogP) is 9.76. The second kappa shape index (κ2) is 7.38. The Bertz CT molecular complexity index is 2420. The second-order valence-corrected chi connectivity index (χ2v) is 11.7. The molecule has 3 heterocycles. The molecule has 0 amide bonds. The number of aromatic nitrogens is 3. The van der Waals surface area contributed by atoms with Gasteiger partial charge in [0, 0.05) is 31.5 Å². The highest BCUT2D eigenvalue weighted by Gasteiger charge is 2.25. The molecule has 4 heteroatoms. The van der Waals surface area contributed by atoms with Gasteiger partial charge >= 0.3 is 0 Å². The zero-order valence-electron chi connectivity index (χ0n) is 21.2. The lowest BCUT2D eigenvalue weighted by molar-refractivity contribution is 1.01. The molecule has 10 rings (SSSR count). The Hall–Kier alpha value is -4.93. The van der Waals surface area contributed by atoms with E-state index in [-0.39, 0.29) is 0 Å². The summed E-state index contributed by atoms with van der Waals surface area (Å²) in [5.74, 6) is 0.715. The van der Waals surface area contributed by atoms with E-state index < -0.39 is 0 Å². The molecule has 0 atom stereocenters. The van der Waals surface area contributed by atoms with Gasteiger partial charge in [-0.1, -0.05) is 84.6 Å². The van der Waals surface area contributed by atoms with Crippen LogP contribution < -0.4 is 0 Å². The third-order valence-corrected chi connectivity index (χ3v) is 9.65. The van der Waals surface area contributed by atoms with Crippen molar-refractivity contribution in [1.82, 2.24) is 14.5 Å². The highest BCUT2D eigenvalue weighted by atomic mass is 32.2. The molecule has 184 valence electrons. The molecule has 1 aliphatic heterocycles. The zero-order chi connectivity index (χ0) is 25.9. The van der Waals surface area contributed by atoms with E-state index in [0.717, 1.165) is 27.6 Å². The van der Waals surface area contributed by atoms with Crippen molar-refractivity contribution < 1.29 is 0 Å². The van der Waals surface area contributed by atoms with Crippen LogP contribution in [0.3, 0.4) is 0 Å². The van der Waals surface area contributed by atoms with Crippen LogP contribution in [-0.2, 0) is 0 Å². The van der Waals surface area contributed by atoms with Gasteiger partial charge in [0.25, 0.3) is 0 Å². The third-order valence-electron chi connectivity index (χ3n) is 8.52. The molecule has 0 saturated carbocycles. The minimum absolute atomic E-state index is 0.715. The standard InChI is InChI=1S/C36H19N3S/c1-2-9-21-19-26-23-12-6-15-29-33(23)32-22(25(26)18-20(21)8-1)11-5-14-28(32)39(29)36-37-27-13-7-17-31-34(27)35(38-36)24-10-3-4-16-30(24)40-31/h1-19H. The summed E-state index contributed by atoms with van der Waals surface area (Å²) < 4.78 is 2.27. The smallest absolute Gasteiger partial charge is 0.235 e.